The minimum Gasteiger partial charge on any atom is -0.307 e. The summed E-state index contributed by atoms with van der Waals surface area (Å²) in [6.45, 7) is 0. The quantitative estimate of drug-likeness (QED) is 0.381. The zero-order chi connectivity index (χ0) is 5.40. The average Bonchev–Trinajstić information content (AvgIpc) is 2.15. The average molecular weight is 110 g/mol. The van der Waals surface area contributed by atoms with Gasteiger partial charge in [-0.15, -0.1) is 5.53 Å². The summed E-state index contributed by atoms with van der Waals surface area (Å²) in [6, 6.07) is 0. The first-order chi connectivity index (χ1) is 3.97. The van der Waals surface area contributed by atoms with E-state index in [9.17, 15) is 0 Å². The van der Waals surface area contributed by atoms with Crippen LogP contribution >= 0.6 is 0 Å². The SMILES string of the molecule is C1=CC2=CNNN2N1. The topological polar surface area (TPSA) is 39.3 Å². The highest BCUT2D eigenvalue weighted by atomic mass is 15.8. The highest BCUT2D eigenvalue weighted by Crippen LogP contribution is 2.06. The van der Waals surface area contributed by atoms with E-state index in [2.05, 4.69) is 16.4 Å². The van der Waals surface area contributed by atoms with Crippen LogP contribution in [0.25, 0.3) is 0 Å². The molecule has 4 nitrogen and oxygen atoms in total. The Labute approximate surface area is 46.8 Å². The molecular weight excluding hydrogens is 104 g/mol. The standard InChI is InChI=1S/C4H6N4/c1-2-6-8-4(1)3-5-7-8/h1-3,5-7H. The minimum absolute atomic E-state index is 1.10. The first-order valence-corrected chi connectivity index (χ1v) is 2.41. The second kappa shape index (κ2) is 1.16. The Kier molecular flexibility index (Phi) is 0.552. The van der Waals surface area contributed by atoms with E-state index in [0.29, 0.717) is 0 Å². The third-order valence-corrected chi connectivity index (χ3v) is 1.11. The van der Waals surface area contributed by atoms with Gasteiger partial charge in [-0.2, -0.15) is 0 Å². The van der Waals surface area contributed by atoms with E-state index in [4.69, 9.17) is 0 Å². The van der Waals surface area contributed by atoms with Gasteiger partial charge in [0, 0.05) is 12.4 Å². The van der Waals surface area contributed by atoms with Crippen LogP contribution in [0.4, 0.5) is 0 Å². The molecule has 2 rings (SSSR count). The van der Waals surface area contributed by atoms with Crippen molar-refractivity contribution in [3.63, 3.8) is 0 Å². The molecular formula is C4H6N4. The van der Waals surface area contributed by atoms with E-state index in [1.807, 2.05) is 18.5 Å². The van der Waals surface area contributed by atoms with Crippen LogP contribution in [0, 0.1) is 0 Å². The molecule has 4 heteroatoms. The van der Waals surface area contributed by atoms with Gasteiger partial charge in [0.15, 0.2) is 0 Å². The Morgan fingerprint density at radius 3 is 3.38 bits per heavy atom. The van der Waals surface area contributed by atoms with Crippen molar-refractivity contribution in [3.05, 3.63) is 24.2 Å². The molecule has 0 bridgehead atoms. The van der Waals surface area contributed by atoms with Crippen LogP contribution in [0.3, 0.4) is 0 Å². The molecule has 0 saturated carbocycles. The van der Waals surface area contributed by atoms with Gasteiger partial charge in [-0.1, -0.05) is 0 Å². The number of allylic oxidation sites excluding steroid dienone is 1. The van der Waals surface area contributed by atoms with Gasteiger partial charge < -0.3 is 5.43 Å². The van der Waals surface area contributed by atoms with Crippen molar-refractivity contribution in [2.45, 2.75) is 0 Å². The van der Waals surface area contributed by atoms with E-state index in [-0.39, 0.29) is 0 Å². The maximum atomic E-state index is 2.93. The second-order valence-corrected chi connectivity index (χ2v) is 1.62. The number of nitrogens with one attached hydrogen (secondary N) is 3. The largest absolute Gasteiger partial charge is 0.307 e. The lowest BCUT2D eigenvalue weighted by Gasteiger charge is -2.12. The fraction of sp³-hybridized carbons (Fsp3) is 0. The van der Waals surface area contributed by atoms with Crippen LogP contribution in [0.1, 0.15) is 0 Å². The van der Waals surface area contributed by atoms with Crippen LogP contribution in [0.2, 0.25) is 0 Å². The number of rotatable bonds is 0. The van der Waals surface area contributed by atoms with Gasteiger partial charge in [0.05, 0.1) is 5.70 Å². The summed E-state index contributed by atoms with van der Waals surface area (Å²) in [4.78, 5) is 0. The summed E-state index contributed by atoms with van der Waals surface area (Å²) in [7, 11) is 0. The third kappa shape index (κ3) is 0.324. The molecule has 2 heterocycles. The number of hydrogen-bond acceptors (Lipinski definition) is 4. The van der Waals surface area contributed by atoms with Crippen LogP contribution in [0.5, 0.6) is 0 Å². The molecule has 0 amide bonds. The predicted octanol–water partition coefficient (Wildman–Crippen LogP) is -0.816. The van der Waals surface area contributed by atoms with Crippen molar-refractivity contribution in [2.24, 2.45) is 0 Å². The van der Waals surface area contributed by atoms with Crippen LogP contribution in [0.15, 0.2) is 24.2 Å². The number of hydrogen-bond donors (Lipinski definition) is 3. The van der Waals surface area contributed by atoms with Gasteiger partial charge in [-0.05, 0) is 6.08 Å². The predicted molar refractivity (Wildman–Crippen MR) is 28.5 cm³/mol. The highest BCUT2D eigenvalue weighted by Gasteiger charge is 2.13. The fourth-order valence-electron chi connectivity index (χ4n) is 0.727. The molecule has 0 unspecified atom stereocenters. The molecule has 0 aromatic rings. The zero-order valence-corrected chi connectivity index (χ0v) is 4.18. The van der Waals surface area contributed by atoms with E-state index in [1.54, 1.807) is 5.12 Å². The third-order valence-electron chi connectivity index (χ3n) is 1.11. The first-order valence-electron chi connectivity index (χ1n) is 2.41. The van der Waals surface area contributed by atoms with E-state index < -0.39 is 0 Å². The number of fused-ring (bicyclic) bond motifs is 1. The fourth-order valence-corrected chi connectivity index (χ4v) is 0.727. The van der Waals surface area contributed by atoms with Gasteiger partial charge in [-0.25, -0.2) is 5.12 Å². The molecule has 8 heavy (non-hydrogen) atoms. The van der Waals surface area contributed by atoms with Gasteiger partial charge >= 0.3 is 0 Å². The van der Waals surface area contributed by atoms with Crippen molar-refractivity contribution in [1.29, 1.82) is 0 Å². The lowest BCUT2D eigenvalue weighted by atomic mass is 10.5. The van der Waals surface area contributed by atoms with Crippen molar-refractivity contribution in [2.75, 3.05) is 0 Å². The van der Waals surface area contributed by atoms with Crippen LogP contribution in [-0.4, -0.2) is 5.12 Å². The lowest BCUT2D eigenvalue weighted by molar-refractivity contribution is 0.220. The Morgan fingerprint density at radius 1 is 1.50 bits per heavy atom. The molecule has 0 spiro atoms. The van der Waals surface area contributed by atoms with Crippen molar-refractivity contribution in [3.8, 4) is 0 Å². The van der Waals surface area contributed by atoms with E-state index in [1.165, 1.54) is 0 Å². The van der Waals surface area contributed by atoms with Gasteiger partial charge in [0.25, 0.3) is 0 Å². The monoisotopic (exact) mass is 110 g/mol. The number of nitrogens with zero attached hydrogens (tertiary/aromatic N) is 1. The smallest absolute Gasteiger partial charge is 0.0961 e. The van der Waals surface area contributed by atoms with Crippen molar-refractivity contribution < 1.29 is 0 Å². The summed E-state index contributed by atoms with van der Waals surface area (Å²) in [5.41, 5.74) is 9.69. The van der Waals surface area contributed by atoms with Crippen LogP contribution < -0.4 is 16.4 Å². The van der Waals surface area contributed by atoms with Gasteiger partial charge in [0.1, 0.15) is 0 Å². The molecule has 0 fully saturated rings. The van der Waals surface area contributed by atoms with E-state index >= 15 is 0 Å². The molecule has 3 N–H and O–H groups in total. The molecule has 0 aliphatic carbocycles. The molecule has 2 aliphatic heterocycles. The van der Waals surface area contributed by atoms with Crippen molar-refractivity contribution in [1.82, 2.24) is 21.5 Å². The summed E-state index contributed by atoms with van der Waals surface area (Å²) < 4.78 is 0. The number of hydrazine groups is 3. The van der Waals surface area contributed by atoms with E-state index in [0.717, 1.165) is 5.70 Å². The molecule has 0 radical (unpaired) electrons. The zero-order valence-electron chi connectivity index (χ0n) is 4.18. The molecule has 2 aliphatic rings. The molecule has 42 valence electrons. The van der Waals surface area contributed by atoms with Crippen molar-refractivity contribution >= 4 is 0 Å². The maximum Gasteiger partial charge on any atom is 0.0961 e. The molecule has 0 aromatic heterocycles. The summed E-state index contributed by atoms with van der Waals surface area (Å²) >= 11 is 0. The summed E-state index contributed by atoms with van der Waals surface area (Å²) in [5.74, 6) is 0. The summed E-state index contributed by atoms with van der Waals surface area (Å²) in [6.07, 6.45) is 5.70. The maximum absolute atomic E-state index is 2.93. The Balaban J connectivity index is 2.31. The van der Waals surface area contributed by atoms with Crippen LogP contribution in [-0.2, 0) is 0 Å². The van der Waals surface area contributed by atoms with Gasteiger partial charge in [0.2, 0.25) is 0 Å². The second-order valence-electron chi connectivity index (χ2n) is 1.62. The Morgan fingerprint density at radius 2 is 2.50 bits per heavy atom. The molecule has 0 aromatic carbocycles. The minimum atomic E-state index is 1.10. The molecule has 0 atom stereocenters. The molecule has 0 saturated heterocycles. The Hall–Kier alpha value is -1.16. The highest BCUT2D eigenvalue weighted by molar-refractivity contribution is 5.21. The van der Waals surface area contributed by atoms with Gasteiger partial charge in [-0.3, -0.25) is 5.43 Å². The summed E-state index contributed by atoms with van der Waals surface area (Å²) in [5, 5.41) is 1.78. The Bertz CT molecular complexity index is 159. The normalized spacial score (nSPS) is 22.0. The lowest BCUT2D eigenvalue weighted by Crippen LogP contribution is -2.41. The first kappa shape index (κ1) is 3.80.